The molecule has 0 bridgehead atoms. The van der Waals surface area contributed by atoms with E-state index in [1.165, 1.54) is 11.1 Å². The summed E-state index contributed by atoms with van der Waals surface area (Å²) in [6.45, 7) is 2.72. The van der Waals surface area contributed by atoms with Crippen molar-refractivity contribution in [3.8, 4) is 0 Å². The van der Waals surface area contributed by atoms with Crippen LogP contribution in [0.5, 0.6) is 0 Å². The highest BCUT2D eigenvalue weighted by atomic mass is 16.3. The molecular formula is C22H30N2O3. The summed E-state index contributed by atoms with van der Waals surface area (Å²) in [5.41, 5.74) is 2.35. The summed E-state index contributed by atoms with van der Waals surface area (Å²) in [6.07, 6.45) is 6.18. The lowest BCUT2D eigenvalue weighted by Crippen LogP contribution is -2.49. The molecule has 1 aromatic carbocycles. The maximum Gasteiger partial charge on any atom is 0.224 e. The summed E-state index contributed by atoms with van der Waals surface area (Å²) in [4.78, 5) is 28.6. The minimum Gasteiger partial charge on any atom is -0.392 e. The van der Waals surface area contributed by atoms with Gasteiger partial charge < -0.3 is 14.9 Å². The third-order valence-corrected chi connectivity index (χ3v) is 6.88. The molecule has 1 spiro atoms. The van der Waals surface area contributed by atoms with E-state index in [1.807, 2.05) is 21.9 Å². The number of piperidine rings is 1. The number of amides is 2. The molecule has 2 heterocycles. The Morgan fingerprint density at radius 3 is 2.70 bits per heavy atom. The standard InChI is InChI=1S/C22H30N2O3/c25-19-16-17-6-3-4-7-18(17)22(19)10-14-24(15-11-22)21(27)9-13-23-12-5-1-2-8-20(23)26/h3-4,6-7,19,25H,1-2,5,8-16H2/t19-/m1/s1. The molecule has 0 aromatic heterocycles. The van der Waals surface area contributed by atoms with E-state index in [0.717, 1.165) is 45.1 Å². The first-order chi connectivity index (χ1) is 13.1. The summed E-state index contributed by atoms with van der Waals surface area (Å²) in [6, 6.07) is 8.35. The Bertz CT molecular complexity index is 709. The number of carbonyl (C=O) groups is 2. The van der Waals surface area contributed by atoms with Gasteiger partial charge in [-0.2, -0.15) is 0 Å². The first-order valence-electron chi connectivity index (χ1n) is 10.4. The summed E-state index contributed by atoms with van der Waals surface area (Å²) in [7, 11) is 0. The topological polar surface area (TPSA) is 60.9 Å². The minimum absolute atomic E-state index is 0.141. The van der Waals surface area contributed by atoms with Crippen LogP contribution in [0.4, 0.5) is 0 Å². The van der Waals surface area contributed by atoms with Gasteiger partial charge in [0, 0.05) is 44.4 Å². The second-order valence-corrected chi connectivity index (χ2v) is 8.36. The van der Waals surface area contributed by atoms with Crippen molar-refractivity contribution >= 4 is 11.8 Å². The number of hydrogen-bond donors (Lipinski definition) is 1. The molecule has 2 amide bonds. The Morgan fingerprint density at radius 1 is 1.11 bits per heavy atom. The molecular weight excluding hydrogens is 340 g/mol. The van der Waals surface area contributed by atoms with Gasteiger partial charge in [0.1, 0.15) is 0 Å². The molecule has 5 heteroatoms. The van der Waals surface area contributed by atoms with Gasteiger partial charge in [0.2, 0.25) is 11.8 Å². The largest absolute Gasteiger partial charge is 0.392 e. The first-order valence-corrected chi connectivity index (χ1v) is 10.4. The molecule has 0 saturated carbocycles. The van der Waals surface area contributed by atoms with E-state index in [9.17, 15) is 14.7 Å². The lowest BCUT2D eigenvalue weighted by atomic mass is 9.72. The molecule has 2 fully saturated rings. The molecule has 146 valence electrons. The average Bonchev–Trinajstić information content (AvgIpc) is 2.81. The normalized spacial score (nSPS) is 24.8. The van der Waals surface area contributed by atoms with Gasteiger partial charge in [-0.1, -0.05) is 30.7 Å². The molecule has 2 aliphatic heterocycles. The summed E-state index contributed by atoms with van der Waals surface area (Å²) in [5, 5.41) is 10.7. The molecule has 1 N–H and O–H groups in total. The predicted molar refractivity (Wildman–Crippen MR) is 103 cm³/mol. The highest BCUT2D eigenvalue weighted by Crippen LogP contribution is 2.46. The van der Waals surface area contributed by atoms with E-state index >= 15 is 0 Å². The third kappa shape index (κ3) is 3.49. The van der Waals surface area contributed by atoms with Crippen molar-refractivity contribution in [3.63, 3.8) is 0 Å². The van der Waals surface area contributed by atoms with Crippen LogP contribution in [0.15, 0.2) is 24.3 Å². The number of likely N-dealkylation sites (tertiary alicyclic amines) is 2. The zero-order chi connectivity index (χ0) is 18.9. The fraction of sp³-hybridized carbons (Fsp3) is 0.636. The van der Waals surface area contributed by atoms with E-state index in [-0.39, 0.29) is 23.3 Å². The molecule has 3 aliphatic rings. The van der Waals surface area contributed by atoms with Gasteiger partial charge in [0.25, 0.3) is 0 Å². The zero-order valence-electron chi connectivity index (χ0n) is 16.0. The molecule has 0 radical (unpaired) electrons. The van der Waals surface area contributed by atoms with E-state index in [4.69, 9.17) is 0 Å². The fourth-order valence-electron chi connectivity index (χ4n) is 5.19. The third-order valence-electron chi connectivity index (χ3n) is 6.88. The van der Waals surface area contributed by atoms with E-state index in [1.54, 1.807) is 0 Å². The lowest BCUT2D eigenvalue weighted by molar-refractivity contribution is -0.135. The summed E-state index contributed by atoms with van der Waals surface area (Å²) >= 11 is 0. The summed E-state index contributed by atoms with van der Waals surface area (Å²) in [5.74, 6) is 0.339. The van der Waals surface area contributed by atoms with Crippen LogP contribution in [0, 0.1) is 0 Å². The van der Waals surface area contributed by atoms with Gasteiger partial charge in [-0.05, 0) is 43.2 Å². The van der Waals surface area contributed by atoms with Gasteiger partial charge in [-0.3, -0.25) is 9.59 Å². The van der Waals surface area contributed by atoms with Crippen molar-refractivity contribution in [1.29, 1.82) is 0 Å². The number of nitrogens with zero attached hydrogens (tertiary/aromatic N) is 2. The molecule has 4 rings (SSSR count). The van der Waals surface area contributed by atoms with Crippen LogP contribution in [0.3, 0.4) is 0 Å². The van der Waals surface area contributed by atoms with E-state index in [2.05, 4.69) is 12.1 Å². The first kappa shape index (κ1) is 18.5. The van der Waals surface area contributed by atoms with Crippen LogP contribution in [0.2, 0.25) is 0 Å². The van der Waals surface area contributed by atoms with Crippen molar-refractivity contribution < 1.29 is 14.7 Å². The van der Waals surface area contributed by atoms with Crippen molar-refractivity contribution in [2.75, 3.05) is 26.2 Å². The Hall–Kier alpha value is -1.88. The Labute approximate surface area is 161 Å². The average molecular weight is 370 g/mol. The van der Waals surface area contributed by atoms with Gasteiger partial charge in [-0.15, -0.1) is 0 Å². The predicted octanol–water partition coefficient (Wildman–Crippen LogP) is 2.26. The van der Waals surface area contributed by atoms with Crippen molar-refractivity contribution in [2.24, 2.45) is 0 Å². The van der Waals surface area contributed by atoms with Crippen LogP contribution >= 0.6 is 0 Å². The highest BCUT2D eigenvalue weighted by molar-refractivity contribution is 5.79. The zero-order valence-corrected chi connectivity index (χ0v) is 16.0. The highest BCUT2D eigenvalue weighted by Gasteiger charge is 2.47. The van der Waals surface area contributed by atoms with Crippen molar-refractivity contribution in [1.82, 2.24) is 9.80 Å². The lowest BCUT2D eigenvalue weighted by Gasteiger charge is -2.42. The maximum atomic E-state index is 12.7. The number of carbonyl (C=O) groups excluding carboxylic acids is 2. The Balaban J connectivity index is 1.34. The Kier molecular flexibility index (Phi) is 5.22. The summed E-state index contributed by atoms with van der Waals surface area (Å²) < 4.78 is 0. The van der Waals surface area contributed by atoms with Gasteiger partial charge in [0.15, 0.2) is 0 Å². The number of rotatable bonds is 3. The van der Waals surface area contributed by atoms with Crippen LogP contribution in [0.1, 0.15) is 56.1 Å². The quantitative estimate of drug-likeness (QED) is 0.888. The number of hydrogen-bond acceptors (Lipinski definition) is 3. The van der Waals surface area contributed by atoms with Gasteiger partial charge in [-0.25, -0.2) is 0 Å². The van der Waals surface area contributed by atoms with Crippen LogP contribution in [-0.4, -0.2) is 59.0 Å². The molecule has 27 heavy (non-hydrogen) atoms. The SMILES string of the molecule is O=C1CCCCCN1CCC(=O)N1CCC2(CC1)c1ccccc1C[C@H]2O. The fourth-order valence-corrected chi connectivity index (χ4v) is 5.19. The van der Waals surface area contributed by atoms with Gasteiger partial charge in [0.05, 0.1) is 6.10 Å². The smallest absolute Gasteiger partial charge is 0.224 e. The van der Waals surface area contributed by atoms with E-state index in [0.29, 0.717) is 32.5 Å². The molecule has 1 atom stereocenters. The van der Waals surface area contributed by atoms with E-state index < -0.39 is 0 Å². The number of benzene rings is 1. The second-order valence-electron chi connectivity index (χ2n) is 8.36. The maximum absolute atomic E-state index is 12.7. The van der Waals surface area contributed by atoms with Gasteiger partial charge >= 0.3 is 0 Å². The second kappa shape index (κ2) is 7.63. The number of aliphatic hydroxyl groups excluding tert-OH is 1. The van der Waals surface area contributed by atoms with Crippen molar-refractivity contribution in [2.45, 2.75) is 62.9 Å². The van der Waals surface area contributed by atoms with Crippen LogP contribution < -0.4 is 0 Å². The molecule has 5 nitrogen and oxygen atoms in total. The molecule has 0 unspecified atom stereocenters. The van der Waals surface area contributed by atoms with Crippen molar-refractivity contribution in [3.05, 3.63) is 35.4 Å². The monoisotopic (exact) mass is 370 g/mol. The number of aliphatic hydroxyl groups is 1. The number of fused-ring (bicyclic) bond motifs is 2. The molecule has 1 aliphatic carbocycles. The minimum atomic E-state index is -0.345. The van der Waals surface area contributed by atoms with Crippen LogP contribution in [-0.2, 0) is 21.4 Å². The molecule has 1 aromatic rings. The Morgan fingerprint density at radius 2 is 1.89 bits per heavy atom. The molecule has 2 saturated heterocycles. The van der Waals surface area contributed by atoms with Crippen LogP contribution in [0.25, 0.3) is 0 Å².